The van der Waals surface area contributed by atoms with E-state index in [0.29, 0.717) is 11.5 Å². The SMILES string of the molecule is Oc1ccccc1.Oc1ccccc1.[CH2-]C(C)(C)c1ccccc1.[CH2-]C(C)(C)c1ccccc1.[Ti+2]. The first-order valence-electron chi connectivity index (χ1n) is 11.3. The fourth-order valence-corrected chi connectivity index (χ4v) is 2.63. The van der Waals surface area contributed by atoms with Crippen LogP contribution in [0.15, 0.2) is 121 Å². The molecule has 0 bridgehead atoms. The third kappa shape index (κ3) is 15.7. The van der Waals surface area contributed by atoms with Gasteiger partial charge in [0.25, 0.3) is 0 Å². The fourth-order valence-electron chi connectivity index (χ4n) is 2.63. The van der Waals surface area contributed by atoms with Crippen LogP contribution in [0, 0.1) is 13.8 Å². The van der Waals surface area contributed by atoms with Crippen LogP contribution < -0.4 is 0 Å². The van der Waals surface area contributed by atoms with Crippen molar-refractivity contribution >= 4 is 0 Å². The molecule has 0 fully saturated rings. The number of rotatable bonds is 2. The zero-order chi connectivity index (χ0) is 25.5. The molecule has 0 heterocycles. The average Bonchev–Trinajstić information content (AvgIpc) is 2.82. The summed E-state index contributed by atoms with van der Waals surface area (Å²) in [5.41, 5.74) is 2.66. The van der Waals surface area contributed by atoms with E-state index in [1.807, 2.05) is 48.5 Å². The quantitative estimate of drug-likeness (QED) is 0.214. The Balaban J connectivity index is 0.000000442. The van der Waals surface area contributed by atoms with Crippen molar-refractivity contribution in [3.63, 3.8) is 0 Å². The first-order chi connectivity index (χ1) is 16.0. The minimum atomic E-state index is 0. The molecule has 3 heteroatoms. The Labute approximate surface area is 227 Å². The van der Waals surface area contributed by atoms with E-state index in [4.69, 9.17) is 10.2 Å². The monoisotopic (exact) mass is 502 g/mol. The fraction of sp³-hybridized carbons (Fsp3) is 0.188. The molecule has 0 aromatic heterocycles. The molecule has 0 unspecified atom stereocenters. The van der Waals surface area contributed by atoms with E-state index >= 15 is 0 Å². The maximum absolute atomic E-state index is 8.63. The van der Waals surface area contributed by atoms with Gasteiger partial charge in [-0.15, -0.1) is 10.8 Å². The third-order valence-electron chi connectivity index (χ3n) is 4.62. The van der Waals surface area contributed by atoms with Crippen molar-refractivity contribution in [2.45, 2.75) is 38.5 Å². The van der Waals surface area contributed by atoms with Gasteiger partial charge in [-0.05, 0) is 24.3 Å². The summed E-state index contributed by atoms with van der Waals surface area (Å²) in [7, 11) is 0. The Kier molecular flexibility index (Phi) is 15.4. The smallest absolute Gasteiger partial charge is 0.508 e. The zero-order valence-electron chi connectivity index (χ0n) is 21.4. The number of benzene rings is 4. The van der Waals surface area contributed by atoms with E-state index in [0.717, 1.165) is 0 Å². The van der Waals surface area contributed by atoms with Crippen molar-refractivity contribution in [3.05, 3.63) is 146 Å². The van der Waals surface area contributed by atoms with Crippen LogP contribution >= 0.6 is 0 Å². The molecule has 2 N–H and O–H groups in total. The normalized spacial score (nSPS) is 10.0. The molecule has 4 aromatic rings. The standard InChI is InChI=1S/2C10H13.2C6H6O.Ti/c2*1-10(2,3)9-7-5-4-6-8-9;2*7-6-4-2-1-3-5-6;/h2*4-8H,1H2,2-3H3;2*1-5,7H;/q2*-1;;;+2. The number of para-hydroxylation sites is 2. The van der Waals surface area contributed by atoms with E-state index in [9.17, 15) is 0 Å². The Morgan fingerprint density at radius 1 is 0.429 bits per heavy atom. The number of phenolic OH excluding ortho intramolecular Hbond substituents is 2. The Morgan fingerprint density at radius 3 is 0.743 bits per heavy atom. The van der Waals surface area contributed by atoms with Gasteiger partial charge in [-0.2, -0.15) is 0 Å². The first kappa shape index (κ1) is 32.2. The molecule has 0 aliphatic carbocycles. The van der Waals surface area contributed by atoms with Crippen molar-refractivity contribution in [2.24, 2.45) is 0 Å². The van der Waals surface area contributed by atoms with Crippen LogP contribution in [0.4, 0.5) is 0 Å². The molecule has 2 nitrogen and oxygen atoms in total. The van der Waals surface area contributed by atoms with Crippen molar-refractivity contribution in [1.82, 2.24) is 0 Å². The molecule has 0 spiro atoms. The number of hydrogen-bond acceptors (Lipinski definition) is 2. The van der Waals surface area contributed by atoms with Crippen LogP contribution in [0.1, 0.15) is 38.8 Å². The second kappa shape index (κ2) is 16.8. The van der Waals surface area contributed by atoms with Gasteiger partial charge in [-0.25, -0.2) is 0 Å². The van der Waals surface area contributed by atoms with Gasteiger partial charge in [0.05, 0.1) is 0 Å². The van der Waals surface area contributed by atoms with E-state index in [-0.39, 0.29) is 32.5 Å². The predicted molar refractivity (Wildman–Crippen MR) is 146 cm³/mol. The first-order valence-corrected chi connectivity index (χ1v) is 11.3. The van der Waals surface area contributed by atoms with Crippen molar-refractivity contribution in [1.29, 1.82) is 0 Å². The van der Waals surface area contributed by atoms with Gasteiger partial charge in [0.15, 0.2) is 0 Å². The topological polar surface area (TPSA) is 40.5 Å². The molecule has 0 atom stereocenters. The number of hydrogen-bond donors (Lipinski definition) is 2. The molecule has 0 saturated heterocycles. The van der Waals surface area contributed by atoms with Crippen LogP contribution in [0.5, 0.6) is 11.5 Å². The van der Waals surface area contributed by atoms with Crippen LogP contribution in [0.3, 0.4) is 0 Å². The van der Waals surface area contributed by atoms with E-state index in [2.05, 4.69) is 65.8 Å². The Hall–Kier alpha value is -2.81. The average molecular weight is 503 g/mol. The van der Waals surface area contributed by atoms with Gasteiger partial charge < -0.3 is 24.1 Å². The Bertz CT molecular complexity index is 918. The summed E-state index contributed by atoms with van der Waals surface area (Å²) in [6.45, 7) is 16.5. The van der Waals surface area contributed by atoms with E-state index in [1.165, 1.54) is 11.1 Å². The number of aromatic hydroxyl groups is 2. The second-order valence-corrected chi connectivity index (χ2v) is 9.17. The van der Waals surface area contributed by atoms with Crippen LogP contribution in [-0.2, 0) is 32.5 Å². The molecule has 182 valence electrons. The third-order valence-corrected chi connectivity index (χ3v) is 4.62. The zero-order valence-corrected chi connectivity index (χ0v) is 22.9. The molecule has 4 rings (SSSR count). The molecular weight excluding hydrogens is 464 g/mol. The van der Waals surface area contributed by atoms with Crippen molar-refractivity contribution < 1.29 is 31.9 Å². The number of phenols is 2. The predicted octanol–water partition coefficient (Wildman–Crippen LogP) is 8.38. The summed E-state index contributed by atoms with van der Waals surface area (Å²) in [4.78, 5) is 0. The maximum Gasteiger partial charge on any atom is 2.00 e. The van der Waals surface area contributed by atoms with Crippen LogP contribution in [0.25, 0.3) is 0 Å². The van der Waals surface area contributed by atoms with Crippen molar-refractivity contribution in [3.8, 4) is 11.5 Å². The Morgan fingerprint density at radius 2 is 0.629 bits per heavy atom. The van der Waals surface area contributed by atoms with E-state index < -0.39 is 0 Å². The van der Waals surface area contributed by atoms with Gasteiger partial charge in [0.2, 0.25) is 0 Å². The summed E-state index contributed by atoms with van der Waals surface area (Å²) in [5.74, 6) is 0.644. The molecule has 4 aromatic carbocycles. The molecule has 0 amide bonds. The van der Waals surface area contributed by atoms with Gasteiger partial charge in [0, 0.05) is 0 Å². The second-order valence-electron chi connectivity index (χ2n) is 9.17. The van der Waals surface area contributed by atoms with Gasteiger partial charge in [-0.3, -0.25) is 0 Å². The maximum atomic E-state index is 8.63. The van der Waals surface area contributed by atoms with Gasteiger partial charge >= 0.3 is 21.7 Å². The molecule has 0 saturated carbocycles. The minimum absolute atomic E-state index is 0. The molecule has 0 aliphatic rings. The summed E-state index contributed by atoms with van der Waals surface area (Å²) < 4.78 is 0. The summed E-state index contributed by atoms with van der Waals surface area (Å²) in [6.07, 6.45) is 0. The van der Waals surface area contributed by atoms with Crippen molar-refractivity contribution in [2.75, 3.05) is 0 Å². The molecular formula is C32H38O2Ti. The van der Waals surface area contributed by atoms with Gasteiger partial charge in [0.1, 0.15) is 11.5 Å². The summed E-state index contributed by atoms with van der Waals surface area (Å²) in [6, 6.07) is 38.1. The largest absolute Gasteiger partial charge is 2.00 e. The molecule has 35 heavy (non-hydrogen) atoms. The summed E-state index contributed by atoms with van der Waals surface area (Å²) >= 11 is 0. The van der Waals surface area contributed by atoms with Gasteiger partial charge in [-0.1, -0.05) is 136 Å². The molecule has 0 aliphatic heterocycles. The van der Waals surface area contributed by atoms with Crippen LogP contribution in [-0.4, -0.2) is 10.2 Å². The van der Waals surface area contributed by atoms with E-state index in [1.54, 1.807) is 48.5 Å². The minimum Gasteiger partial charge on any atom is -0.508 e. The van der Waals surface area contributed by atoms with Crippen LogP contribution in [0.2, 0.25) is 0 Å². The molecule has 0 radical (unpaired) electrons. The summed E-state index contributed by atoms with van der Waals surface area (Å²) in [5, 5.41) is 17.3.